The van der Waals surface area contributed by atoms with E-state index in [0.29, 0.717) is 5.88 Å². The van der Waals surface area contributed by atoms with Crippen molar-refractivity contribution in [1.82, 2.24) is 0 Å². The SMILES string of the molecule is Cc1ccccc1C1(CCl)COC1. The monoisotopic (exact) mass is 196 g/mol. The van der Waals surface area contributed by atoms with E-state index in [1.165, 1.54) is 11.1 Å². The minimum absolute atomic E-state index is 0.0902. The van der Waals surface area contributed by atoms with Gasteiger partial charge in [-0.25, -0.2) is 0 Å². The van der Waals surface area contributed by atoms with Gasteiger partial charge in [-0.1, -0.05) is 24.3 Å². The van der Waals surface area contributed by atoms with Crippen molar-refractivity contribution in [2.75, 3.05) is 19.1 Å². The normalized spacial score (nSPS) is 19.5. The van der Waals surface area contributed by atoms with Crippen LogP contribution in [0.3, 0.4) is 0 Å². The van der Waals surface area contributed by atoms with Gasteiger partial charge < -0.3 is 4.74 Å². The third kappa shape index (κ3) is 1.36. The number of hydrogen-bond donors (Lipinski definition) is 0. The molecule has 0 aliphatic carbocycles. The van der Waals surface area contributed by atoms with Crippen LogP contribution in [-0.2, 0) is 10.2 Å². The van der Waals surface area contributed by atoms with E-state index >= 15 is 0 Å². The van der Waals surface area contributed by atoms with Gasteiger partial charge in [0.05, 0.1) is 18.6 Å². The van der Waals surface area contributed by atoms with Gasteiger partial charge in [-0.2, -0.15) is 0 Å². The fourth-order valence-electron chi connectivity index (χ4n) is 1.82. The van der Waals surface area contributed by atoms with Gasteiger partial charge in [0, 0.05) is 5.88 Å². The van der Waals surface area contributed by atoms with Crippen LogP contribution in [0, 0.1) is 6.92 Å². The molecule has 1 aromatic carbocycles. The van der Waals surface area contributed by atoms with Gasteiger partial charge in [0.2, 0.25) is 0 Å². The van der Waals surface area contributed by atoms with Crippen molar-refractivity contribution in [3.8, 4) is 0 Å². The summed E-state index contributed by atoms with van der Waals surface area (Å²) in [4.78, 5) is 0. The summed E-state index contributed by atoms with van der Waals surface area (Å²) in [6.45, 7) is 3.66. The van der Waals surface area contributed by atoms with E-state index in [1.807, 2.05) is 0 Å². The molecule has 0 amide bonds. The third-order valence-electron chi connectivity index (χ3n) is 2.73. The van der Waals surface area contributed by atoms with Crippen LogP contribution in [0.5, 0.6) is 0 Å². The number of alkyl halides is 1. The highest BCUT2D eigenvalue weighted by Crippen LogP contribution is 2.35. The lowest BCUT2D eigenvalue weighted by atomic mass is 9.78. The lowest BCUT2D eigenvalue weighted by molar-refractivity contribution is -0.0482. The van der Waals surface area contributed by atoms with E-state index in [9.17, 15) is 0 Å². The number of rotatable bonds is 2. The minimum atomic E-state index is 0.0902. The Morgan fingerprint density at radius 3 is 2.54 bits per heavy atom. The van der Waals surface area contributed by atoms with E-state index in [0.717, 1.165) is 13.2 Å². The molecule has 0 spiro atoms. The van der Waals surface area contributed by atoms with Gasteiger partial charge >= 0.3 is 0 Å². The molecule has 1 aliphatic rings. The maximum absolute atomic E-state index is 5.99. The molecule has 70 valence electrons. The van der Waals surface area contributed by atoms with E-state index in [1.54, 1.807) is 0 Å². The zero-order chi connectivity index (χ0) is 9.31. The average molecular weight is 197 g/mol. The molecule has 2 heteroatoms. The van der Waals surface area contributed by atoms with Crippen LogP contribution in [0.1, 0.15) is 11.1 Å². The van der Waals surface area contributed by atoms with Crippen LogP contribution in [0.2, 0.25) is 0 Å². The molecule has 0 saturated carbocycles. The van der Waals surface area contributed by atoms with Crippen LogP contribution < -0.4 is 0 Å². The number of ether oxygens (including phenoxy) is 1. The Balaban J connectivity index is 2.38. The Kier molecular flexibility index (Phi) is 2.31. The molecule has 0 bridgehead atoms. The van der Waals surface area contributed by atoms with E-state index in [2.05, 4.69) is 31.2 Å². The van der Waals surface area contributed by atoms with Gasteiger partial charge in [0.15, 0.2) is 0 Å². The summed E-state index contributed by atoms with van der Waals surface area (Å²) in [5.41, 5.74) is 2.75. The first kappa shape index (κ1) is 9.04. The molecule has 1 saturated heterocycles. The van der Waals surface area contributed by atoms with Crippen molar-refractivity contribution in [3.63, 3.8) is 0 Å². The Bertz CT molecular complexity index is 299. The minimum Gasteiger partial charge on any atom is -0.379 e. The summed E-state index contributed by atoms with van der Waals surface area (Å²) < 4.78 is 5.25. The summed E-state index contributed by atoms with van der Waals surface area (Å²) in [5, 5.41) is 0. The second-order valence-corrected chi connectivity index (χ2v) is 3.99. The molecule has 13 heavy (non-hydrogen) atoms. The van der Waals surface area contributed by atoms with Crippen molar-refractivity contribution >= 4 is 11.6 Å². The van der Waals surface area contributed by atoms with Crippen LogP contribution in [0.4, 0.5) is 0 Å². The molecule has 1 fully saturated rings. The first-order chi connectivity index (χ1) is 6.28. The topological polar surface area (TPSA) is 9.23 Å². The fourth-order valence-corrected chi connectivity index (χ4v) is 2.12. The van der Waals surface area contributed by atoms with Crippen molar-refractivity contribution in [2.24, 2.45) is 0 Å². The Hall–Kier alpha value is -0.530. The predicted molar refractivity (Wildman–Crippen MR) is 54.4 cm³/mol. The van der Waals surface area contributed by atoms with Crippen molar-refractivity contribution in [2.45, 2.75) is 12.3 Å². The molecule has 1 aliphatic heterocycles. The first-order valence-electron chi connectivity index (χ1n) is 4.48. The highest BCUT2D eigenvalue weighted by molar-refractivity contribution is 6.18. The Morgan fingerprint density at radius 2 is 2.08 bits per heavy atom. The van der Waals surface area contributed by atoms with Crippen LogP contribution in [-0.4, -0.2) is 19.1 Å². The lowest BCUT2D eigenvalue weighted by Crippen LogP contribution is -2.48. The van der Waals surface area contributed by atoms with E-state index in [4.69, 9.17) is 16.3 Å². The summed E-state index contributed by atoms with van der Waals surface area (Å²) in [5.74, 6) is 0.651. The standard InChI is InChI=1S/C11H13ClO/c1-9-4-2-3-5-10(9)11(6-12)7-13-8-11/h2-5H,6-8H2,1H3. The quantitative estimate of drug-likeness (QED) is 0.661. The van der Waals surface area contributed by atoms with Crippen LogP contribution >= 0.6 is 11.6 Å². The summed E-state index contributed by atoms with van der Waals surface area (Å²) in [6.07, 6.45) is 0. The zero-order valence-corrected chi connectivity index (χ0v) is 8.47. The second-order valence-electron chi connectivity index (χ2n) is 3.72. The molecule has 0 atom stereocenters. The third-order valence-corrected chi connectivity index (χ3v) is 3.24. The molecule has 0 radical (unpaired) electrons. The summed E-state index contributed by atoms with van der Waals surface area (Å²) >= 11 is 5.99. The maximum Gasteiger partial charge on any atom is 0.0597 e. The summed E-state index contributed by atoms with van der Waals surface area (Å²) in [6, 6.07) is 8.40. The number of halogens is 1. The maximum atomic E-state index is 5.99. The van der Waals surface area contributed by atoms with Gasteiger partial charge in [-0.05, 0) is 18.1 Å². The fraction of sp³-hybridized carbons (Fsp3) is 0.455. The zero-order valence-electron chi connectivity index (χ0n) is 7.72. The molecule has 0 unspecified atom stereocenters. The molecule has 1 heterocycles. The van der Waals surface area contributed by atoms with Crippen LogP contribution in [0.15, 0.2) is 24.3 Å². The van der Waals surface area contributed by atoms with E-state index < -0.39 is 0 Å². The molecule has 0 aromatic heterocycles. The predicted octanol–water partition coefficient (Wildman–Crippen LogP) is 2.50. The molecule has 2 rings (SSSR count). The highest BCUT2D eigenvalue weighted by atomic mass is 35.5. The van der Waals surface area contributed by atoms with Gasteiger partial charge in [0.25, 0.3) is 0 Å². The van der Waals surface area contributed by atoms with Crippen molar-refractivity contribution in [3.05, 3.63) is 35.4 Å². The highest BCUT2D eigenvalue weighted by Gasteiger charge is 2.40. The van der Waals surface area contributed by atoms with Crippen molar-refractivity contribution < 1.29 is 4.74 Å². The van der Waals surface area contributed by atoms with Crippen LogP contribution in [0.25, 0.3) is 0 Å². The van der Waals surface area contributed by atoms with Gasteiger partial charge in [-0.3, -0.25) is 0 Å². The second kappa shape index (κ2) is 3.32. The van der Waals surface area contributed by atoms with E-state index in [-0.39, 0.29) is 5.41 Å². The molecular weight excluding hydrogens is 184 g/mol. The molecule has 0 N–H and O–H groups in total. The largest absolute Gasteiger partial charge is 0.379 e. The molecule has 1 nitrogen and oxygen atoms in total. The number of benzene rings is 1. The smallest absolute Gasteiger partial charge is 0.0597 e. The first-order valence-corrected chi connectivity index (χ1v) is 5.02. The summed E-state index contributed by atoms with van der Waals surface area (Å²) in [7, 11) is 0. The van der Waals surface area contributed by atoms with Gasteiger partial charge in [0.1, 0.15) is 0 Å². The van der Waals surface area contributed by atoms with Crippen molar-refractivity contribution in [1.29, 1.82) is 0 Å². The van der Waals surface area contributed by atoms with Gasteiger partial charge in [-0.15, -0.1) is 11.6 Å². The Morgan fingerprint density at radius 1 is 1.38 bits per heavy atom. The number of hydrogen-bond acceptors (Lipinski definition) is 1. The number of aryl methyl sites for hydroxylation is 1. The Labute approximate surface area is 83.7 Å². The lowest BCUT2D eigenvalue weighted by Gasteiger charge is -2.41. The average Bonchev–Trinajstić information content (AvgIpc) is 2.07. The molecule has 1 aromatic rings. The molecular formula is C11H13ClO.